The van der Waals surface area contributed by atoms with E-state index >= 15 is 0 Å². The summed E-state index contributed by atoms with van der Waals surface area (Å²) in [5.41, 5.74) is 6.77. The molecule has 2 aromatic rings. The van der Waals surface area contributed by atoms with Crippen LogP contribution in [0.5, 0.6) is 0 Å². The van der Waals surface area contributed by atoms with Crippen molar-refractivity contribution in [2.45, 2.75) is 31.8 Å². The van der Waals surface area contributed by atoms with Gasteiger partial charge in [-0.05, 0) is 30.2 Å². The first-order valence-electron chi connectivity index (χ1n) is 8.61. The lowest BCUT2D eigenvalue weighted by atomic mass is 9.88. The Labute approximate surface area is 152 Å². The number of H-pyrrole nitrogens is 1. The molecule has 0 radical (unpaired) electrons. The van der Waals surface area contributed by atoms with E-state index in [1.54, 1.807) is 0 Å². The third-order valence-electron chi connectivity index (χ3n) is 5.01. The van der Waals surface area contributed by atoms with Crippen molar-refractivity contribution < 1.29 is 0 Å². The van der Waals surface area contributed by atoms with Crippen molar-refractivity contribution in [1.82, 2.24) is 24.7 Å². The van der Waals surface area contributed by atoms with Crippen molar-refractivity contribution in [2.75, 3.05) is 18.8 Å². The number of nitrogens with zero attached hydrogens (tertiary/aromatic N) is 4. The van der Waals surface area contributed by atoms with Crippen molar-refractivity contribution in [1.29, 1.82) is 5.26 Å². The van der Waals surface area contributed by atoms with Crippen molar-refractivity contribution in [3.8, 4) is 6.07 Å². The molecule has 1 saturated heterocycles. The number of aromatic nitrogens is 2. The Morgan fingerprint density at radius 3 is 3.04 bits per heavy atom. The lowest BCUT2D eigenvalue weighted by Crippen LogP contribution is -2.69. The minimum atomic E-state index is -0.142. The molecule has 2 aliphatic rings. The molecule has 4 rings (SSSR count). The molecule has 6 nitrogen and oxygen atoms in total. The molecule has 4 heterocycles. The van der Waals surface area contributed by atoms with E-state index in [0.29, 0.717) is 6.42 Å². The summed E-state index contributed by atoms with van der Waals surface area (Å²) in [6.07, 6.45) is 6.48. The minimum Gasteiger partial charge on any atom is -0.346 e. The Kier molecular flexibility index (Phi) is 4.20. The summed E-state index contributed by atoms with van der Waals surface area (Å²) in [4.78, 5) is 7.56. The highest BCUT2D eigenvalue weighted by molar-refractivity contribution is 7.97. The molecule has 2 aromatic heterocycles. The molecule has 2 aliphatic heterocycles. The maximum Gasteiger partial charge on any atom is 0.137 e. The highest BCUT2D eigenvalue weighted by Crippen LogP contribution is 2.39. The van der Waals surface area contributed by atoms with Gasteiger partial charge in [0, 0.05) is 42.8 Å². The number of hydrogen-bond acceptors (Lipinski definition) is 6. The summed E-state index contributed by atoms with van der Waals surface area (Å²) in [5, 5.41) is 12.7. The molecule has 0 amide bonds. The summed E-state index contributed by atoms with van der Waals surface area (Å²) in [6, 6.07) is 6.72. The molecular formula is C18H22N6S. The molecule has 0 bridgehead atoms. The van der Waals surface area contributed by atoms with Gasteiger partial charge in [0.25, 0.3) is 0 Å². The van der Waals surface area contributed by atoms with Crippen LogP contribution in [-0.4, -0.2) is 49.7 Å². The molecule has 2 N–H and O–H groups in total. The molecule has 0 saturated carbocycles. The third kappa shape index (κ3) is 2.71. The average molecular weight is 354 g/mol. The van der Waals surface area contributed by atoms with Crippen LogP contribution in [0.25, 0.3) is 16.6 Å². The summed E-state index contributed by atoms with van der Waals surface area (Å²) in [5.74, 6) is 1.07. The second-order valence-electron chi connectivity index (χ2n) is 6.68. The molecule has 1 unspecified atom stereocenters. The highest BCUT2D eigenvalue weighted by atomic mass is 32.2. The minimum absolute atomic E-state index is 0.142. The SMILES string of the molecule is CCSN1CC(CC#N)(N2C=C(c3ccnc4[nH]ccc34)C(C)N2)C1. The van der Waals surface area contributed by atoms with Crippen LogP contribution < -0.4 is 5.43 Å². The van der Waals surface area contributed by atoms with Gasteiger partial charge in [-0.1, -0.05) is 18.9 Å². The number of aromatic amines is 1. The zero-order chi connectivity index (χ0) is 17.4. The van der Waals surface area contributed by atoms with Gasteiger partial charge in [0.2, 0.25) is 0 Å². The van der Waals surface area contributed by atoms with E-state index in [2.05, 4.69) is 63.0 Å². The quantitative estimate of drug-likeness (QED) is 0.805. The van der Waals surface area contributed by atoms with Crippen LogP contribution in [-0.2, 0) is 0 Å². The summed E-state index contributed by atoms with van der Waals surface area (Å²) >= 11 is 1.84. The first-order valence-corrected chi connectivity index (χ1v) is 9.55. The Morgan fingerprint density at radius 1 is 1.44 bits per heavy atom. The molecular weight excluding hydrogens is 332 g/mol. The van der Waals surface area contributed by atoms with Crippen molar-refractivity contribution in [3.05, 3.63) is 36.3 Å². The van der Waals surface area contributed by atoms with Crippen LogP contribution in [0, 0.1) is 11.3 Å². The highest BCUT2D eigenvalue weighted by Gasteiger charge is 2.49. The number of pyridine rings is 1. The average Bonchev–Trinajstić information content (AvgIpc) is 3.19. The van der Waals surface area contributed by atoms with Crippen molar-refractivity contribution in [2.24, 2.45) is 0 Å². The lowest BCUT2D eigenvalue weighted by molar-refractivity contribution is -0.0000426. The molecule has 130 valence electrons. The number of rotatable bonds is 5. The van der Waals surface area contributed by atoms with E-state index in [0.717, 1.165) is 29.9 Å². The van der Waals surface area contributed by atoms with Gasteiger partial charge in [-0.15, -0.1) is 0 Å². The van der Waals surface area contributed by atoms with Gasteiger partial charge in [0.15, 0.2) is 0 Å². The fourth-order valence-electron chi connectivity index (χ4n) is 3.74. The molecule has 0 spiro atoms. The number of nitrogens with one attached hydrogen (secondary N) is 2. The van der Waals surface area contributed by atoms with Gasteiger partial charge in [0.1, 0.15) is 5.65 Å². The number of nitriles is 1. The van der Waals surface area contributed by atoms with Gasteiger partial charge in [-0.2, -0.15) is 5.26 Å². The smallest absolute Gasteiger partial charge is 0.137 e. The van der Waals surface area contributed by atoms with E-state index in [4.69, 9.17) is 0 Å². The van der Waals surface area contributed by atoms with Crippen LogP contribution in [0.3, 0.4) is 0 Å². The number of fused-ring (bicyclic) bond motifs is 1. The Bertz CT molecular complexity index is 845. The van der Waals surface area contributed by atoms with Crippen LogP contribution >= 0.6 is 11.9 Å². The van der Waals surface area contributed by atoms with Gasteiger partial charge in [-0.3, -0.25) is 0 Å². The third-order valence-corrected chi connectivity index (χ3v) is 5.89. The molecule has 0 aromatic carbocycles. The normalized spacial score (nSPS) is 22.7. The standard InChI is InChI=1S/C18H22N6S/c1-3-25-23-11-18(12-23,6-7-19)24-10-16(13(2)22-24)14-4-8-20-17-15(14)5-9-21-17/h4-5,8-10,13,22H,3,6,11-12H2,1-2H3,(H,20,21). The fraction of sp³-hybridized carbons (Fsp3) is 0.444. The van der Waals surface area contributed by atoms with Gasteiger partial charge >= 0.3 is 0 Å². The van der Waals surface area contributed by atoms with Gasteiger partial charge in [0.05, 0.1) is 24.1 Å². The predicted octanol–water partition coefficient (Wildman–Crippen LogP) is 2.75. The molecule has 1 fully saturated rings. The van der Waals surface area contributed by atoms with E-state index < -0.39 is 0 Å². The second-order valence-corrected chi connectivity index (χ2v) is 8.03. The zero-order valence-electron chi connectivity index (χ0n) is 14.5. The predicted molar refractivity (Wildman–Crippen MR) is 101 cm³/mol. The van der Waals surface area contributed by atoms with E-state index in [1.165, 1.54) is 11.1 Å². The van der Waals surface area contributed by atoms with E-state index in [-0.39, 0.29) is 11.6 Å². The fourth-order valence-corrected chi connectivity index (χ4v) is 4.76. The first kappa shape index (κ1) is 16.5. The maximum atomic E-state index is 9.34. The van der Waals surface area contributed by atoms with Crippen LogP contribution in [0.2, 0.25) is 0 Å². The van der Waals surface area contributed by atoms with Crippen LogP contribution in [0.15, 0.2) is 30.7 Å². The number of hydrogen-bond donors (Lipinski definition) is 2. The Hall–Kier alpha value is -2.01. The van der Waals surface area contributed by atoms with Crippen molar-refractivity contribution in [3.63, 3.8) is 0 Å². The van der Waals surface area contributed by atoms with E-state index in [9.17, 15) is 5.26 Å². The molecule has 7 heteroatoms. The van der Waals surface area contributed by atoms with Gasteiger partial charge in [-0.25, -0.2) is 14.7 Å². The zero-order valence-corrected chi connectivity index (χ0v) is 15.3. The largest absolute Gasteiger partial charge is 0.346 e. The summed E-state index contributed by atoms with van der Waals surface area (Å²) in [7, 11) is 0. The van der Waals surface area contributed by atoms with E-state index in [1.807, 2.05) is 24.3 Å². The second kappa shape index (κ2) is 6.37. The summed E-state index contributed by atoms with van der Waals surface area (Å²) < 4.78 is 2.34. The maximum absolute atomic E-state index is 9.34. The Balaban J connectivity index is 1.65. The first-order chi connectivity index (χ1) is 12.2. The molecule has 1 atom stereocenters. The van der Waals surface area contributed by atoms with Crippen LogP contribution in [0.4, 0.5) is 0 Å². The topological polar surface area (TPSA) is 71.0 Å². The summed E-state index contributed by atoms with van der Waals surface area (Å²) in [6.45, 7) is 6.13. The van der Waals surface area contributed by atoms with Gasteiger partial charge < -0.3 is 9.99 Å². The molecule has 25 heavy (non-hydrogen) atoms. The van der Waals surface area contributed by atoms with Crippen molar-refractivity contribution >= 4 is 28.6 Å². The monoisotopic (exact) mass is 354 g/mol. The Morgan fingerprint density at radius 2 is 2.28 bits per heavy atom. The number of hydrazine groups is 1. The molecule has 0 aliphatic carbocycles. The lowest BCUT2D eigenvalue weighted by Gasteiger charge is -2.53. The van der Waals surface area contributed by atoms with Crippen LogP contribution in [0.1, 0.15) is 25.8 Å².